The summed E-state index contributed by atoms with van der Waals surface area (Å²) >= 11 is 0. The number of alkyl halides is 3. The zero-order chi connectivity index (χ0) is 14.2. The van der Waals surface area contributed by atoms with Crippen molar-refractivity contribution in [1.29, 1.82) is 0 Å². The summed E-state index contributed by atoms with van der Waals surface area (Å²) in [4.78, 5) is 4.26. The van der Waals surface area contributed by atoms with Gasteiger partial charge in [-0.05, 0) is 25.1 Å². The molecule has 1 fully saturated rings. The molecule has 0 saturated carbocycles. The first-order valence-corrected chi connectivity index (χ1v) is 6.26. The van der Waals surface area contributed by atoms with Crippen molar-refractivity contribution in [3.8, 4) is 11.4 Å². The van der Waals surface area contributed by atoms with Gasteiger partial charge in [0.25, 0.3) is 0 Å². The van der Waals surface area contributed by atoms with Crippen LogP contribution in [0, 0.1) is 0 Å². The molecule has 0 amide bonds. The Morgan fingerprint density at radius 3 is 2.55 bits per heavy atom. The van der Waals surface area contributed by atoms with Crippen LogP contribution in [0.2, 0.25) is 0 Å². The number of hydrogen-bond donors (Lipinski definition) is 1. The van der Waals surface area contributed by atoms with Gasteiger partial charge in [-0.1, -0.05) is 17.3 Å². The second kappa shape index (κ2) is 4.90. The van der Waals surface area contributed by atoms with Crippen LogP contribution in [0.25, 0.3) is 11.4 Å². The monoisotopic (exact) mass is 283 g/mol. The predicted octanol–water partition coefficient (Wildman–Crippen LogP) is 2.83. The van der Waals surface area contributed by atoms with Crippen molar-refractivity contribution in [2.45, 2.75) is 18.5 Å². The SMILES string of the molecule is FC(F)(F)c1ccc(-c2noc(C3CCNC3)n2)cc1. The van der Waals surface area contributed by atoms with Crippen LogP contribution in [-0.2, 0) is 6.18 Å². The topological polar surface area (TPSA) is 51.0 Å². The van der Waals surface area contributed by atoms with Crippen molar-refractivity contribution in [2.75, 3.05) is 13.1 Å². The van der Waals surface area contributed by atoms with Gasteiger partial charge in [-0.25, -0.2) is 0 Å². The molecule has 4 nitrogen and oxygen atoms in total. The van der Waals surface area contributed by atoms with Crippen molar-refractivity contribution < 1.29 is 17.7 Å². The van der Waals surface area contributed by atoms with Gasteiger partial charge in [0.2, 0.25) is 11.7 Å². The van der Waals surface area contributed by atoms with E-state index in [-0.39, 0.29) is 5.92 Å². The predicted molar refractivity (Wildman–Crippen MR) is 65.0 cm³/mol. The van der Waals surface area contributed by atoms with Crippen LogP contribution >= 0.6 is 0 Å². The zero-order valence-electron chi connectivity index (χ0n) is 10.4. The molecule has 2 aromatic rings. The molecule has 20 heavy (non-hydrogen) atoms. The molecule has 1 unspecified atom stereocenters. The molecule has 3 rings (SSSR count). The summed E-state index contributed by atoms with van der Waals surface area (Å²) in [5.41, 5.74) is -0.177. The van der Waals surface area contributed by atoms with Crippen molar-refractivity contribution in [2.24, 2.45) is 0 Å². The van der Waals surface area contributed by atoms with Crippen molar-refractivity contribution in [3.63, 3.8) is 0 Å². The summed E-state index contributed by atoms with van der Waals surface area (Å²) in [5.74, 6) is 1.04. The molecule has 1 aliphatic heterocycles. The number of benzene rings is 1. The lowest BCUT2D eigenvalue weighted by molar-refractivity contribution is -0.137. The number of rotatable bonds is 2. The molecular formula is C13H12F3N3O. The largest absolute Gasteiger partial charge is 0.416 e. The van der Waals surface area contributed by atoms with E-state index in [0.717, 1.165) is 31.6 Å². The van der Waals surface area contributed by atoms with E-state index in [2.05, 4.69) is 15.5 Å². The first kappa shape index (κ1) is 13.1. The van der Waals surface area contributed by atoms with E-state index in [1.165, 1.54) is 12.1 Å². The van der Waals surface area contributed by atoms with Gasteiger partial charge in [0.15, 0.2) is 0 Å². The van der Waals surface area contributed by atoms with E-state index in [0.29, 0.717) is 17.3 Å². The maximum absolute atomic E-state index is 12.5. The first-order chi connectivity index (χ1) is 9.54. The Balaban J connectivity index is 1.82. The highest BCUT2D eigenvalue weighted by atomic mass is 19.4. The average Bonchev–Trinajstić information content (AvgIpc) is 3.09. The summed E-state index contributed by atoms with van der Waals surface area (Å²) in [6.07, 6.45) is -3.41. The number of hydrogen-bond acceptors (Lipinski definition) is 4. The van der Waals surface area contributed by atoms with Crippen LogP contribution in [0.4, 0.5) is 13.2 Å². The molecule has 1 aromatic heterocycles. The van der Waals surface area contributed by atoms with E-state index in [1.54, 1.807) is 0 Å². The van der Waals surface area contributed by atoms with Gasteiger partial charge in [-0.3, -0.25) is 0 Å². The van der Waals surface area contributed by atoms with E-state index in [1.807, 2.05) is 0 Å². The fourth-order valence-electron chi connectivity index (χ4n) is 2.19. The summed E-state index contributed by atoms with van der Waals surface area (Å²) in [5, 5.41) is 7.02. The van der Waals surface area contributed by atoms with Gasteiger partial charge in [0, 0.05) is 12.1 Å². The highest BCUT2D eigenvalue weighted by Gasteiger charge is 2.30. The Bertz CT molecular complexity index is 586. The molecular weight excluding hydrogens is 271 g/mol. The van der Waals surface area contributed by atoms with Crippen molar-refractivity contribution in [3.05, 3.63) is 35.7 Å². The van der Waals surface area contributed by atoms with Crippen molar-refractivity contribution >= 4 is 0 Å². The van der Waals surface area contributed by atoms with E-state index in [9.17, 15) is 13.2 Å². The van der Waals surface area contributed by atoms with Crippen LogP contribution in [-0.4, -0.2) is 23.2 Å². The number of nitrogens with one attached hydrogen (secondary N) is 1. The molecule has 1 atom stereocenters. The van der Waals surface area contributed by atoms with Gasteiger partial charge in [0.05, 0.1) is 11.5 Å². The van der Waals surface area contributed by atoms with Gasteiger partial charge in [0.1, 0.15) is 0 Å². The van der Waals surface area contributed by atoms with Crippen LogP contribution in [0.1, 0.15) is 23.8 Å². The van der Waals surface area contributed by atoms with Gasteiger partial charge >= 0.3 is 6.18 Å². The Hall–Kier alpha value is -1.89. The lowest BCUT2D eigenvalue weighted by atomic mass is 10.1. The summed E-state index contributed by atoms with van der Waals surface area (Å²) in [6, 6.07) is 4.74. The molecule has 0 radical (unpaired) electrons. The first-order valence-electron chi connectivity index (χ1n) is 6.26. The molecule has 1 aliphatic rings. The highest BCUT2D eigenvalue weighted by Crippen LogP contribution is 2.31. The number of nitrogens with zero attached hydrogens (tertiary/aromatic N) is 2. The molecule has 106 valence electrons. The van der Waals surface area contributed by atoms with E-state index >= 15 is 0 Å². The summed E-state index contributed by atoms with van der Waals surface area (Å²) in [6.45, 7) is 1.69. The standard InChI is InChI=1S/C13H12F3N3O/c14-13(15,16)10-3-1-8(2-4-10)11-18-12(20-19-11)9-5-6-17-7-9/h1-4,9,17H,5-7H2. The average molecular weight is 283 g/mol. The Morgan fingerprint density at radius 1 is 1.20 bits per heavy atom. The molecule has 2 heterocycles. The van der Waals surface area contributed by atoms with Crippen LogP contribution in [0.5, 0.6) is 0 Å². The summed E-state index contributed by atoms with van der Waals surface area (Å²) < 4.78 is 42.6. The smallest absolute Gasteiger partial charge is 0.339 e. The Kier molecular flexibility index (Phi) is 3.21. The van der Waals surface area contributed by atoms with E-state index in [4.69, 9.17) is 4.52 Å². The molecule has 1 N–H and O–H groups in total. The van der Waals surface area contributed by atoms with Crippen molar-refractivity contribution in [1.82, 2.24) is 15.5 Å². The molecule has 1 saturated heterocycles. The molecule has 0 bridgehead atoms. The fourth-order valence-corrected chi connectivity index (χ4v) is 2.19. The minimum absolute atomic E-state index is 0.186. The Labute approximate surface area is 113 Å². The van der Waals surface area contributed by atoms with E-state index < -0.39 is 11.7 Å². The maximum atomic E-state index is 12.5. The maximum Gasteiger partial charge on any atom is 0.416 e. The third-order valence-electron chi connectivity index (χ3n) is 3.32. The minimum Gasteiger partial charge on any atom is -0.339 e. The molecule has 1 aromatic carbocycles. The molecule has 7 heteroatoms. The second-order valence-corrected chi connectivity index (χ2v) is 4.72. The number of halogens is 3. The minimum atomic E-state index is -4.34. The third-order valence-corrected chi connectivity index (χ3v) is 3.32. The number of aromatic nitrogens is 2. The van der Waals surface area contributed by atoms with Gasteiger partial charge in [-0.2, -0.15) is 18.2 Å². The van der Waals surface area contributed by atoms with Crippen LogP contribution < -0.4 is 5.32 Å². The normalized spacial score (nSPS) is 19.4. The summed E-state index contributed by atoms with van der Waals surface area (Å²) in [7, 11) is 0. The molecule has 0 aliphatic carbocycles. The highest BCUT2D eigenvalue weighted by molar-refractivity contribution is 5.54. The lowest BCUT2D eigenvalue weighted by Crippen LogP contribution is -2.08. The molecule has 0 spiro atoms. The fraction of sp³-hybridized carbons (Fsp3) is 0.385. The van der Waals surface area contributed by atoms with Gasteiger partial charge in [-0.15, -0.1) is 0 Å². The second-order valence-electron chi connectivity index (χ2n) is 4.72. The van der Waals surface area contributed by atoms with Gasteiger partial charge < -0.3 is 9.84 Å². The van der Waals surface area contributed by atoms with Crippen LogP contribution in [0.15, 0.2) is 28.8 Å². The lowest BCUT2D eigenvalue weighted by Gasteiger charge is -2.05. The third kappa shape index (κ3) is 2.53. The zero-order valence-corrected chi connectivity index (χ0v) is 10.4. The Morgan fingerprint density at radius 2 is 1.95 bits per heavy atom. The van der Waals surface area contributed by atoms with Crippen LogP contribution in [0.3, 0.4) is 0 Å². The quantitative estimate of drug-likeness (QED) is 0.920.